The van der Waals surface area contributed by atoms with Crippen molar-refractivity contribution in [1.29, 1.82) is 0 Å². The number of nitrogens with one attached hydrogen (secondary N) is 2. The van der Waals surface area contributed by atoms with Crippen LogP contribution < -0.4 is 11.1 Å². The lowest BCUT2D eigenvalue weighted by Crippen LogP contribution is -2.42. The van der Waals surface area contributed by atoms with Gasteiger partial charge in [0.1, 0.15) is 11.5 Å². The van der Waals surface area contributed by atoms with E-state index < -0.39 is 0 Å². The highest BCUT2D eigenvalue weighted by Crippen LogP contribution is 2.30. The van der Waals surface area contributed by atoms with Gasteiger partial charge in [-0.05, 0) is 47.0 Å². The number of rotatable bonds is 4. The van der Waals surface area contributed by atoms with E-state index in [1.54, 1.807) is 10.7 Å². The largest absolute Gasteiger partial charge is 0.398 e. The Morgan fingerprint density at radius 3 is 2.66 bits per heavy atom. The van der Waals surface area contributed by atoms with Gasteiger partial charge in [0.05, 0.1) is 16.4 Å². The molecule has 0 spiro atoms. The first-order valence-corrected chi connectivity index (χ1v) is 12.4. The second-order valence-electron chi connectivity index (χ2n) is 8.82. The number of amides is 1. The predicted octanol–water partition coefficient (Wildman–Crippen LogP) is 4.94. The fourth-order valence-corrected chi connectivity index (χ4v) is 5.05. The summed E-state index contributed by atoms with van der Waals surface area (Å²) in [6, 6.07) is 19.8. The summed E-state index contributed by atoms with van der Waals surface area (Å²) in [4.78, 5) is 23.0. The minimum atomic E-state index is 0.0452. The van der Waals surface area contributed by atoms with Gasteiger partial charge in [-0.15, -0.1) is 0 Å². The van der Waals surface area contributed by atoms with Gasteiger partial charge >= 0.3 is 0 Å². The molecule has 176 valence electrons. The first kappa shape index (κ1) is 21.7. The Morgan fingerprint density at radius 2 is 1.86 bits per heavy atom. The lowest BCUT2D eigenvalue weighted by atomic mass is 10.0. The maximum absolute atomic E-state index is 13.1. The predicted molar refractivity (Wildman–Crippen MR) is 141 cm³/mol. The number of para-hydroxylation sites is 2. The van der Waals surface area contributed by atoms with E-state index in [-0.39, 0.29) is 11.9 Å². The van der Waals surface area contributed by atoms with Gasteiger partial charge in [-0.1, -0.05) is 36.4 Å². The van der Waals surface area contributed by atoms with Crippen molar-refractivity contribution in [3.63, 3.8) is 0 Å². The van der Waals surface area contributed by atoms with Gasteiger partial charge in [0.15, 0.2) is 5.65 Å². The number of likely N-dealkylation sites (tertiary alicyclic amines) is 1. The molecule has 5 aromatic rings. The molecule has 9 heteroatoms. The number of hydrogen-bond donors (Lipinski definition) is 3. The topological polar surface area (TPSA) is 104 Å². The summed E-state index contributed by atoms with van der Waals surface area (Å²) in [6.07, 6.45) is 3.41. The van der Waals surface area contributed by atoms with Crippen molar-refractivity contribution in [2.75, 3.05) is 24.1 Å². The molecule has 0 bridgehead atoms. The molecule has 0 aliphatic carbocycles. The molecule has 8 nitrogen and oxygen atoms in total. The molecule has 1 fully saturated rings. The first-order chi connectivity index (χ1) is 17.1. The smallest absolute Gasteiger partial charge is 0.270 e. The number of fused-ring (bicyclic) bond motifs is 2. The standard InChI is InChI=1S/C26H24BrN7O/c27-19-15-29-34-24(14-22(32-25(19)34)18-6-2-3-7-20(18)28)30-17-9-11-33(12-10-17)26(35)23-13-16-5-1-4-8-21(16)31-23/h1-8,13-15,17,30-31H,9-12,28H2. The lowest BCUT2D eigenvalue weighted by Gasteiger charge is -2.32. The van der Waals surface area contributed by atoms with Crippen LogP contribution in [0.3, 0.4) is 0 Å². The highest BCUT2D eigenvalue weighted by atomic mass is 79.9. The van der Waals surface area contributed by atoms with Gasteiger partial charge in [-0.3, -0.25) is 4.79 Å². The van der Waals surface area contributed by atoms with Gasteiger partial charge in [0.25, 0.3) is 5.91 Å². The number of nitrogen functional groups attached to an aromatic ring is 1. The quantitative estimate of drug-likeness (QED) is 0.286. The minimum Gasteiger partial charge on any atom is -0.398 e. The first-order valence-electron chi connectivity index (χ1n) is 11.6. The van der Waals surface area contributed by atoms with E-state index in [1.807, 2.05) is 65.6 Å². The van der Waals surface area contributed by atoms with Gasteiger partial charge in [-0.2, -0.15) is 9.61 Å². The normalized spacial score (nSPS) is 14.6. The molecule has 1 saturated heterocycles. The Labute approximate surface area is 210 Å². The molecular weight excluding hydrogens is 506 g/mol. The molecule has 0 atom stereocenters. The van der Waals surface area contributed by atoms with Crippen molar-refractivity contribution in [1.82, 2.24) is 24.5 Å². The molecule has 1 aliphatic heterocycles. The highest BCUT2D eigenvalue weighted by molar-refractivity contribution is 9.10. The van der Waals surface area contributed by atoms with Gasteiger partial charge < -0.3 is 20.9 Å². The summed E-state index contributed by atoms with van der Waals surface area (Å²) in [7, 11) is 0. The number of H-pyrrole nitrogens is 1. The van der Waals surface area contributed by atoms with Crippen LogP contribution >= 0.6 is 15.9 Å². The zero-order valence-corrected chi connectivity index (χ0v) is 20.5. The maximum atomic E-state index is 13.1. The third kappa shape index (κ3) is 4.01. The molecule has 0 saturated carbocycles. The molecule has 6 rings (SSSR count). The number of hydrogen-bond acceptors (Lipinski definition) is 5. The number of halogens is 1. The summed E-state index contributed by atoms with van der Waals surface area (Å²) in [5.74, 6) is 0.892. The van der Waals surface area contributed by atoms with Crippen LogP contribution in [0.1, 0.15) is 23.3 Å². The van der Waals surface area contributed by atoms with Crippen molar-refractivity contribution in [2.24, 2.45) is 0 Å². The summed E-state index contributed by atoms with van der Waals surface area (Å²) in [5, 5.41) is 9.18. The lowest BCUT2D eigenvalue weighted by molar-refractivity contribution is 0.0713. The van der Waals surface area contributed by atoms with Gasteiger partial charge in [0, 0.05) is 47.4 Å². The molecule has 2 aromatic carbocycles. The van der Waals surface area contributed by atoms with Crippen LogP contribution in [0.4, 0.5) is 11.5 Å². The summed E-state index contributed by atoms with van der Waals surface area (Å²) >= 11 is 3.56. The molecule has 0 radical (unpaired) electrons. The van der Waals surface area contributed by atoms with Crippen LogP contribution in [0.5, 0.6) is 0 Å². The molecular formula is C26H24BrN7O. The van der Waals surface area contributed by atoms with E-state index >= 15 is 0 Å². The molecule has 4 heterocycles. The molecule has 0 unspecified atom stereocenters. The van der Waals surface area contributed by atoms with E-state index in [0.29, 0.717) is 24.5 Å². The van der Waals surface area contributed by atoms with Crippen LogP contribution in [0, 0.1) is 0 Å². The van der Waals surface area contributed by atoms with Crippen LogP contribution in [-0.4, -0.2) is 49.5 Å². The Bertz CT molecular complexity index is 1520. The Kier molecular flexibility index (Phi) is 5.41. The summed E-state index contributed by atoms with van der Waals surface area (Å²) in [5.41, 5.74) is 10.9. The fourth-order valence-electron chi connectivity index (χ4n) is 4.70. The Morgan fingerprint density at radius 1 is 1.09 bits per heavy atom. The average molecular weight is 530 g/mol. The second kappa shape index (κ2) is 8.74. The van der Waals surface area contributed by atoms with E-state index in [1.165, 1.54) is 0 Å². The van der Waals surface area contributed by atoms with Crippen LogP contribution in [-0.2, 0) is 0 Å². The van der Waals surface area contributed by atoms with Crippen LogP contribution in [0.15, 0.2) is 71.3 Å². The minimum absolute atomic E-state index is 0.0452. The van der Waals surface area contributed by atoms with Gasteiger partial charge in [0.2, 0.25) is 0 Å². The molecule has 35 heavy (non-hydrogen) atoms. The maximum Gasteiger partial charge on any atom is 0.270 e. The van der Waals surface area contributed by atoms with E-state index in [0.717, 1.165) is 50.9 Å². The zero-order valence-electron chi connectivity index (χ0n) is 18.9. The average Bonchev–Trinajstić information content (AvgIpc) is 3.48. The van der Waals surface area contributed by atoms with E-state index in [2.05, 4.69) is 31.3 Å². The Hall–Kier alpha value is -3.85. The van der Waals surface area contributed by atoms with Crippen LogP contribution in [0.2, 0.25) is 0 Å². The van der Waals surface area contributed by atoms with E-state index in [4.69, 9.17) is 10.7 Å². The van der Waals surface area contributed by atoms with Crippen LogP contribution in [0.25, 0.3) is 27.8 Å². The number of nitrogens with two attached hydrogens (primary N) is 1. The number of nitrogens with zero attached hydrogens (tertiary/aromatic N) is 4. The number of carbonyl (C=O) groups is 1. The molecule has 3 aromatic heterocycles. The second-order valence-corrected chi connectivity index (χ2v) is 9.68. The molecule has 1 aliphatic rings. The third-order valence-corrected chi connectivity index (χ3v) is 7.12. The molecule has 1 amide bonds. The van der Waals surface area contributed by atoms with Crippen molar-refractivity contribution >= 4 is 49.9 Å². The number of benzene rings is 2. The number of piperidine rings is 1. The van der Waals surface area contributed by atoms with Crippen molar-refractivity contribution in [2.45, 2.75) is 18.9 Å². The van der Waals surface area contributed by atoms with Crippen molar-refractivity contribution in [3.8, 4) is 11.3 Å². The van der Waals surface area contributed by atoms with E-state index in [9.17, 15) is 4.79 Å². The number of carbonyl (C=O) groups excluding carboxylic acids is 1. The fraction of sp³-hybridized carbons (Fsp3) is 0.192. The summed E-state index contributed by atoms with van der Waals surface area (Å²) < 4.78 is 2.62. The highest BCUT2D eigenvalue weighted by Gasteiger charge is 2.25. The van der Waals surface area contributed by atoms with Gasteiger partial charge in [-0.25, -0.2) is 4.98 Å². The van der Waals surface area contributed by atoms with Crippen molar-refractivity contribution < 1.29 is 4.79 Å². The van der Waals surface area contributed by atoms with Crippen molar-refractivity contribution in [3.05, 3.63) is 77.0 Å². The number of aromatic nitrogens is 4. The summed E-state index contributed by atoms with van der Waals surface area (Å²) in [6.45, 7) is 1.36. The number of anilines is 2. The molecule has 4 N–H and O–H groups in total. The monoisotopic (exact) mass is 529 g/mol. The Balaban J connectivity index is 1.21. The third-order valence-electron chi connectivity index (χ3n) is 6.56. The SMILES string of the molecule is Nc1ccccc1-c1cc(NC2CCN(C(=O)c3cc4ccccc4[nH]3)CC2)n2ncc(Br)c2n1. The number of aromatic amines is 1. The zero-order chi connectivity index (χ0) is 23.9.